The Morgan fingerprint density at radius 2 is 2.43 bits per heavy atom. The fraction of sp³-hybridized carbons (Fsp3) is 0.538. The predicted molar refractivity (Wildman–Crippen MR) is 73.6 cm³/mol. The highest BCUT2D eigenvalue weighted by molar-refractivity contribution is 6.17. The molecule has 1 atom stereocenters. The first-order valence-corrected chi connectivity index (χ1v) is 7.04. The molecule has 1 aromatic heterocycles. The Kier molecular flexibility index (Phi) is 5.58. The van der Waals surface area contributed by atoms with Crippen LogP contribution in [0.5, 0.6) is 5.88 Å². The molecule has 0 spiro atoms. The molecule has 0 amide bonds. The maximum absolute atomic E-state index is 13.2. The van der Waals surface area contributed by atoms with Crippen LogP contribution in [0.3, 0.4) is 0 Å². The number of aromatic nitrogens is 1. The van der Waals surface area contributed by atoms with E-state index in [2.05, 4.69) is 4.98 Å². The molecule has 21 heavy (non-hydrogen) atoms. The summed E-state index contributed by atoms with van der Waals surface area (Å²) in [5.74, 6) is -1.49. The van der Waals surface area contributed by atoms with E-state index < -0.39 is 18.5 Å². The van der Waals surface area contributed by atoms with Crippen LogP contribution in [0.25, 0.3) is 0 Å². The number of hydrogen-bond acceptors (Lipinski definition) is 6. The van der Waals surface area contributed by atoms with Crippen molar-refractivity contribution in [3.05, 3.63) is 17.6 Å². The number of rotatable bonds is 6. The molecule has 2 N–H and O–H groups in total. The van der Waals surface area contributed by atoms with Crippen molar-refractivity contribution < 1.29 is 23.4 Å². The second-order valence-corrected chi connectivity index (χ2v) is 4.83. The van der Waals surface area contributed by atoms with Gasteiger partial charge in [-0.25, -0.2) is 4.79 Å². The number of carbonyl (C=O) groups is 1. The van der Waals surface area contributed by atoms with Gasteiger partial charge in [0.1, 0.15) is 6.61 Å². The molecule has 0 saturated carbocycles. The van der Waals surface area contributed by atoms with Crippen LogP contribution in [0.1, 0.15) is 18.4 Å². The van der Waals surface area contributed by atoms with Crippen LogP contribution >= 0.6 is 11.6 Å². The summed E-state index contributed by atoms with van der Waals surface area (Å²) in [6.45, 7) is 0.472. The number of nitrogen functional groups attached to an aromatic ring is 1. The smallest absolute Gasteiger partial charge is 0.344 e. The molecule has 0 aliphatic carbocycles. The van der Waals surface area contributed by atoms with Crippen molar-refractivity contribution >= 4 is 23.3 Å². The SMILES string of the molecule is Nc1cc(F)nc(OCC(=O)OCC2CCCO2)c1CCl. The maximum Gasteiger partial charge on any atom is 0.344 e. The number of nitrogens with two attached hydrogens (primary N) is 1. The fourth-order valence-corrected chi connectivity index (χ4v) is 2.19. The third-order valence-electron chi connectivity index (χ3n) is 3.00. The average molecular weight is 319 g/mol. The molecule has 1 aromatic rings. The molecular formula is C13H16ClFN2O4. The number of carbonyl (C=O) groups excluding carboxylic acids is 1. The lowest BCUT2D eigenvalue weighted by molar-refractivity contribution is -0.149. The Labute approximate surface area is 126 Å². The van der Waals surface area contributed by atoms with E-state index in [0.29, 0.717) is 12.2 Å². The van der Waals surface area contributed by atoms with Crippen molar-refractivity contribution in [3.8, 4) is 5.88 Å². The van der Waals surface area contributed by atoms with E-state index in [1.807, 2.05) is 0 Å². The van der Waals surface area contributed by atoms with Crippen molar-refractivity contribution in [1.29, 1.82) is 0 Å². The van der Waals surface area contributed by atoms with E-state index in [-0.39, 0.29) is 30.2 Å². The standard InChI is InChI=1S/C13H16ClFN2O4/c14-5-9-10(16)4-11(15)17-13(9)21-7-12(18)20-6-8-2-1-3-19-8/h4,8H,1-3,5-7H2,(H2,16,17). The Balaban J connectivity index is 1.85. The Hall–Kier alpha value is -1.60. The molecule has 2 heterocycles. The number of halogens is 2. The van der Waals surface area contributed by atoms with Gasteiger partial charge in [-0.05, 0) is 12.8 Å². The number of hydrogen-bond donors (Lipinski definition) is 1. The first-order chi connectivity index (χ1) is 10.1. The summed E-state index contributed by atoms with van der Waals surface area (Å²) in [7, 11) is 0. The quantitative estimate of drug-likeness (QED) is 0.488. The highest BCUT2D eigenvalue weighted by Gasteiger charge is 2.18. The van der Waals surface area contributed by atoms with E-state index in [0.717, 1.165) is 18.9 Å². The molecule has 6 nitrogen and oxygen atoms in total. The zero-order chi connectivity index (χ0) is 15.2. The monoisotopic (exact) mass is 318 g/mol. The molecule has 8 heteroatoms. The lowest BCUT2D eigenvalue weighted by Gasteiger charge is -2.12. The van der Waals surface area contributed by atoms with Crippen LogP contribution in [0.4, 0.5) is 10.1 Å². The third kappa shape index (κ3) is 4.44. The molecule has 0 radical (unpaired) electrons. The van der Waals surface area contributed by atoms with Gasteiger partial charge in [0.25, 0.3) is 0 Å². The number of nitrogens with zero attached hydrogens (tertiary/aromatic N) is 1. The number of ether oxygens (including phenoxy) is 3. The van der Waals surface area contributed by atoms with Crippen LogP contribution in [0.15, 0.2) is 6.07 Å². The summed E-state index contributed by atoms with van der Waals surface area (Å²) in [5, 5.41) is 0. The van der Waals surface area contributed by atoms with E-state index in [1.165, 1.54) is 0 Å². The minimum atomic E-state index is -0.802. The highest BCUT2D eigenvalue weighted by Crippen LogP contribution is 2.24. The van der Waals surface area contributed by atoms with Gasteiger partial charge in [-0.15, -0.1) is 11.6 Å². The summed E-state index contributed by atoms with van der Waals surface area (Å²) in [5.41, 5.74) is 6.07. The molecule has 0 bridgehead atoms. The van der Waals surface area contributed by atoms with Gasteiger partial charge in [0.2, 0.25) is 11.8 Å². The minimum absolute atomic E-state index is 0.000587. The molecule has 2 rings (SSSR count). The molecule has 1 aliphatic heterocycles. The predicted octanol–water partition coefficient (Wildman–Crippen LogP) is 1.64. The van der Waals surface area contributed by atoms with Crippen molar-refractivity contribution in [2.24, 2.45) is 0 Å². The fourth-order valence-electron chi connectivity index (χ4n) is 1.92. The lowest BCUT2D eigenvalue weighted by Crippen LogP contribution is -2.22. The molecule has 1 fully saturated rings. The summed E-state index contributed by atoms with van der Waals surface area (Å²) in [6.07, 6.45) is 1.77. The summed E-state index contributed by atoms with van der Waals surface area (Å²) >= 11 is 5.70. The number of alkyl halides is 1. The van der Waals surface area contributed by atoms with E-state index in [4.69, 9.17) is 31.5 Å². The summed E-state index contributed by atoms with van der Waals surface area (Å²) in [4.78, 5) is 15.1. The second-order valence-electron chi connectivity index (χ2n) is 4.56. The Morgan fingerprint density at radius 1 is 1.62 bits per heavy atom. The van der Waals surface area contributed by atoms with Crippen LogP contribution in [-0.2, 0) is 20.1 Å². The van der Waals surface area contributed by atoms with Gasteiger partial charge >= 0.3 is 5.97 Å². The van der Waals surface area contributed by atoms with E-state index in [9.17, 15) is 9.18 Å². The number of esters is 1. The van der Waals surface area contributed by atoms with Crippen molar-refractivity contribution in [2.45, 2.75) is 24.8 Å². The first-order valence-electron chi connectivity index (χ1n) is 6.51. The lowest BCUT2D eigenvalue weighted by atomic mass is 10.2. The Bertz CT molecular complexity index is 509. The van der Waals surface area contributed by atoms with Gasteiger partial charge in [-0.2, -0.15) is 9.37 Å². The molecule has 116 valence electrons. The zero-order valence-electron chi connectivity index (χ0n) is 11.3. The molecule has 0 aromatic carbocycles. The highest BCUT2D eigenvalue weighted by atomic mass is 35.5. The van der Waals surface area contributed by atoms with Gasteiger partial charge in [-0.1, -0.05) is 0 Å². The molecule has 1 saturated heterocycles. The minimum Gasteiger partial charge on any atom is -0.465 e. The number of anilines is 1. The normalized spacial score (nSPS) is 17.7. The Morgan fingerprint density at radius 3 is 3.10 bits per heavy atom. The second kappa shape index (κ2) is 7.42. The average Bonchev–Trinajstić information content (AvgIpc) is 2.95. The molecular weight excluding hydrogens is 303 g/mol. The van der Waals surface area contributed by atoms with Gasteiger partial charge in [0.05, 0.1) is 17.5 Å². The van der Waals surface area contributed by atoms with Crippen LogP contribution in [0.2, 0.25) is 0 Å². The van der Waals surface area contributed by atoms with Crippen molar-refractivity contribution in [3.63, 3.8) is 0 Å². The maximum atomic E-state index is 13.2. The third-order valence-corrected chi connectivity index (χ3v) is 3.27. The zero-order valence-corrected chi connectivity index (χ0v) is 12.1. The van der Waals surface area contributed by atoms with Crippen molar-refractivity contribution in [1.82, 2.24) is 4.98 Å². The van der Waals surface area contributed by atoms with Crippen LogP contribution in [-0.4, -0.2) is 36.9 Å². The number of pyridine rings is 1. The van der Waals surface area contributed by atoms with Gasteiger partial charge < -0.3 is 19.9 Å². The largest absolute Gasteiger partial charge is 0.465 e. The molecule has 1 aliphatic rings. The van der Waals surface area contributed by atoms with Crippen molar-refractivity contribution in [2.75, 3.05) is 25.6 Å². The van der Waals surface area contributed by atoms with Gasteiger partial charge in [-0.3, -0.25) is 0 Å². The summed E-state index contributed by atoms with van der Waals surface area (Å²) < 4.78 is 28.6. The van der Waals surface area contributed by atoms with Gasteiger partial charge in [0.15, 0.2) is 6.61 Å². The summed E-state index contributed by atoms with van der Waals surface area (Å²) in [6, 6.07) is 1.04. The van der Waals surface area contributed by atoms with Crippen LogP contribution < -0.4 is 10.5 Å². The topological polar surface area (TPSA) is 83.7 Å². The first kappa shape index (κ1) is 15.8. The van der Waals surface area contributed by atoms with Gasteiger partial charge in [0, 0.05) is 18.4 Å². The van der Waals surface area contributed by atoms with Crippen LogP contribution in [0, 0.1) is 5.95 Å². The molecule has 1 unspecified atom stereocenters. The van der Waals surface area contributed by atoms with E-state index in [1.54, 1.807) is 0 Å². The van der Waals surface area contributed by atoms with E-state index >= 15 is 0 Å².